The summed E-state index contributed by atoms with van der Waals surface area (Å²) >= 11 is 2.60. The molecular weight excluding hydrogens is 464 g/mol. The van der Waals surface area contributed by atoms with Gasteiger partial charge in [-0.3, -0.25) is 4.79 Å². The van der Waals surface area contributed by atoms with Crippen LogP contribution in [0, 0.1) is 6.92 Å². The third-order valence-corrected chi connectivity index (χ3v) is 7.70. The minimum Gasteiger partial charge on any atom is -0.462 e. The lowest BCUT2D eigenvalue weighted by atomic mass is 9.95. The Hall–Kier alpha value is -3.05. The molecule has 0 spiro atoms. The molecule has 0 aromatic carbocycles. The number of ether oxygens (including phenoxy) is 2. The van der Waals surface area contributed by atoms with Crippen molar-refractivity contribution in [3.63, 3.8) is 0 Å². The quantitative estimate of drug-likeness (QED) is 0.497. The smallest absolute Gasteiger partial charge is 0.348 e. The highest BCUT2D eigenvalue weighted by Gasteiger charge is 2.27. The van der Waals surface area contributed by atoms with E-state index in [0.717, 1.165) is 36.1 Å². The number of nitrogens with zero attached hydrogens (tertiary/aromatic N) is 2. The zero-order chi connectivity index (χ0) is 23.7. The topological polar surface area (TPSA) is 134 Å². The van der Waals surface area contributed by atoms with Crippen molar-refractivity contribution in [2.75, 3.05) is 17.7 Å². The molecule has 1 amide bonds. The molecule has 0 unspecified atom stereocenters. The summed E-state index contributed by atoms with van der Waals surface area (Å²) in [5, 5.41) is 3.87. The number of aromatic nitrogens is 2. The molecule has 0 bridgehead atoms. The number of nitrogens with one attached hydrogen (secondary N) is 1. The molecule has 0 saturated heterocycles. The molecule has 3 aromatic heterocycles. The first-order chi connectivity index (χ1) is 15.8. The molecule has 4 rings (SSSR count). The molecular formula is C22H24N4O5S2. The van der Waals surface area contributed by atoms with Gasteiger partial charge in [-0.1, -0.05) is 0 Å². The maximum atomic E-state index is 13.0. The van der Waals surface area contributed by atoms with Crippen LogP contribution in [0.1, 0.15) is 68.5 Å². The fraction of sp³-hybridized carbons (Fsp3) is 0.409. The molecule has 0 radical (unpaired) electrons. The van der Waals surface area contributed by atoms with Crippen LogP contribution in [0.25, 0.3) is 10.2 Å². The average Bonchev–Trinajstić information content (AvgIpc) is 3.29. The maximum absolute atomic E-state index is 13.0. The van der Waals surface area contributed by atoms with Gasteiger partial charge in [0.05, 0.1) is 17.6 Å². The number of thiophene rings is 2. The molecule has 174 valence electrons. The number of carbonyl (C=O) groups is 3. The van der Waals surface area contributed by atoms with Crippen LogP contribution in [0.2, 0.25) is 0 Å². The summed E-state index contributed by atoms with van der Waals surface area (Å²) in [4.78, 5) is 47.6. The van der Waals surface area contributed by atoms with E-state index in [-0.39, 0.29) is 30.8 Å². The number of nitrogen functional groups attached to an aromatic ring is 1. The fourth-order valence-corrected chi connectivity index (χ4v) is 6.33. The second-order valence-electron chi connectivity index (χ2n) is 7.65. The molecule has 3 aromatic rings. The van der Waals surface area contributed by atoms with Gasteiger partial charge in [0, 0.05) is 11.8 Å². The normalized spacial score (nSPS) is 12.9. The Kier molecular flexibility index (Phi) is 6.61. The van der Waals surface area contributed by atoms with Crippen molar-refractivity contribution < 1.29 is 23.9 Å². The van der Waals surface area contributed by atoms with Crippen molar-refractivity contribution in [1.82, 2.24) is 9.97 Å². The first kappa shape index (κ1) is 23.1. The molecule has 11 heteroatoms. The highest BCUT2D eigenvalue weighted by Crippen LogP contribution is 2.39. The van der Waals surface area contributed by atoms with Crippen molar-refractivity contribution in [3.8, 4) is 0 Å². The second-order valence-corrected chi connectivity index (χ2v) is 9.76. The van der Waals surface area contributed by atoms with E-state index in [0.29, 0.717) is 31.2 Å². The van der Waals surface area contributed by atoms with Crippen LogP contribution >= 0.6 is 22.7 Å². The van der Waals surface area contributed by atoms with E-state index in [1.165, 1.54) is 29.6 Å². The van der Waals surface area contributed by atoms with Gasteiger partial charge in [-0.15, -0.1) is 22.7 Å². The van der Waals surface area contributed by atoms with Crippen molar-refractivity contribution in [2.45, 2.75) is 53.1 Å². The van der Waals surface area contributed by atoms with E-state index in [2.05, 4.69) is 15.3 Å². The SMILES string of the molecule is CCOC(=O)c1sc2nc(COC(=O)c3c(NC(C)=O)sc4c3CCCC4)nc(N)c2c1C. The standard InChI is InChI=1S/C22H24N4O5S2/c1-4-30-22(29)17-10(2)15-18(23)25-14(26-19(15)33-17)9-31-21(28)16-12-7-5-6-8-13(12)32-20(16)24-11(3)27/h4-9H2,1-3H3,(H,24,27)(H2,23,25,26). The monoisotopic (exact) mass is 488 g/mol. The zero-order valence-electron chi connectivity index (χ0n) is 18.6. The first-order valence-electron chi connectivity index (χ1n) is 10.6. The minimum absolute atomic E-state index is 0.186. The predicted molar refractivity (Wildman–Crippen MR) is 127 cm³/mol. The Morgan fingerprint density at radius 1 is 1.09 bits per heavy atom. The lowest BCUT2D eigenvalue weighted by Gasteiger charge is -2.12. The molecule has 1 aliphatic rings. The van der Waals surface area contributed by atoms with Crippen LogP contribution in [0.3, 0.4) is 0 Å². The van der Waals surface area contributed by atoms with Crippen LogP contribution in [0.5, 0.6) is 0 Å². The third-order valence-electron chi connectivity index (χ3n) is 5.32. The summed E-state index contributed by atoms with van der Waals surface area (Å²) in [6.45, 7) is 5.00. The van der Waals surface area contributed by atoms with Crippen LogP contribution in [-0.2, 0) is 33.7 Å². The number of rotatable bonds is 6. The highest BCUT2D eigenvalue weighted by molar-refractivity contribution is 7.20. The van der Waals surface area contributed by atoms with E-state index in [1.807, 2.05) is 0 Å². The van der Waals surface area contributed by atoms with Crippen LogP contribution < -0.4 is 11.1 Å². The van der Waals surface area contributed by atoms with E-state index in [9.17, 15) is 14.4 Å². The Bertz CT molecular complexity index is 1260. The van der Waals surface area contributed by atoms with Crippen molar-refractivity contribution in [3.05, 3.63) is 32.3 Å². The largest absolute Gasteiger partial charge is 0.462 e. The van der Waals surface area contributed by atoms with Gasteiger partial charge in [0.2, 0.25) is 5.91 Å². The van der Waals surface area contributed by atoms with Crippen molar-refractivity contribution in [1.29, 1.82) is 0 Å². The first-order valence-corrected chi connectivity index (χ1v) is 12.2. The molecule has 3 heterocycles. The summed E-state index contributed by atoms with van der Waals surface area (Å²) in [7, 11) is 0. The van der Waals surface area contributed by atoms with Gasteiger partial charge in [-0.05, 0) is 50.7 Å². The Labute approximate surface area is 198 Å². The van der Waals surface area contributed by atoms with Crippen LogP contribution in [0.4, 0.5) is 10.8 Å². The number of carbonyl (C=O) groups excluding carboxylic acids is 3. The minimum atomic E-state index is -0.532. The number of amides is 1. The van der Waals surface area contributed by atoms with Gasteiger partial charge in [0.15, 0.2) is 12.4 Å². The van der Waals surface area contributed by atoms with E-state index < -0.39 is 11.9 Å². The Morgan fingerprint density at radius 3 is 2.58 bits per heavy atom. The maximum Gasteiger partial charge on any atom is 0.348 e. The summed E-state index contributed by atoms with van der Waals surface area (Å²) in [5.41, 5.74) is 8.16. The Morgan fingerprint density at radius 2 is 1.85 bits per heavy atom. The molecule has 0 fully saturated rings. The third kappa shape index (κ3) is 4.55. The van der Waals surface area contributed by atoms with Crippen molar-refractivity contribution >= 4 is 61.6 Å². The summed E-state index contributed by atoms with van der Waals surface area (Å²) in [6, 6.07) is 0. The van der Waals surface area contributed by atoms with E-state index in [4.69, 9.17) is 15.2 Å². The van der Waals surface area contributed by atoms with Gasteiger partial charge >= 0.3 is 11.9 Å². The fourth-order valence-electron chi connectivity index (χ4n) is 3.90. The average molecular weight is 489 g/mol. The molecule has 1 aliphatic carbocycles. The number of nitrogens with two attached hydrogens (primary N) is 1. The number of esters is 2. The molecule has 33 heavy (non-hydrogen) atoms. The Balaban J connectivity index is 1.59. The number of hydrogen-bond acceptors (Lipinski definition) is 10. The van der Waals surface area contributed by atoms with Crippen molar-refractivity contribution in [2.24, 2.45) is 0 Å². The second kappa shape index (κ2) is 9.44. The highest BCUT2D eigenvalue weighted by atomic mass is 32.1. The molecule has 3 N–H and O–H groups in total. The number of hydrogen-bond donors (Lipinski definition) is 2. The predicted octanol–water partition coefficient (Wildman–Crippen LogP) is 4.01. The van der Waals surface area contributed by atoms with Gasteiger partial charge in [0.1, 0.15) is 20.5 Å². The van der Waals surface area contributed by atoms with E-state index in [1.54, 1.807) is 13.8 Å². The lowest BCUT2D eigenvalue weighted by molar-refractivity contribution is -0.114. The van der Waals surface area contributed by atoms with Crippen LogP contribution in [-0.4, -0.2) is 34.4 Å². The summed E-state index contributed by atoms with van der Waals surface area (Å²) in [6.07, 6.45) is 3.70. The molecule has 0 saturated carbocycles. The molecule has 0 aliphatic heterocycles. The number of fused-ring (bicyclic) bond motifs is 2. The van der Waals surface area contributed by atoms with Gasteiger partial charge in [-0.2, -0.15) is 0 Å². The van der Waals surface area contributed by atoms with Gasteiger partial charge < -0.3 is 20.5 Å². The summed E-state index contributed by atoms with van der Waals surface area (Å²) < 4.78 is 10.6. The molecule has 9 nitrogen and oxygen atoms in total. The number of anilines is 2. The van der Waals surface area contributed by atoms with Gasteiger partial charge in [-0.25, -0.2) is 19.6 Å². The van der Waals surface area contributed by atoms with Crippen LogP contribution in [0.15, 0.2) is 0 Å². The summed E-state index contributed by atoms with van der Waals surface area (Å²) in [5.74, 6) is -0.764. The zero-order valence-corrected chi connectivity index (χ0v) is 20.2. The van der Waals surface area contributed by atoms with Gasteiger partial charge in [0.25, 0.3) is 0 Å². The lowest BCUT2D eigenvalue weighted by Crippen LogP contribution is -2.14. The number of aryl methyl sites for hydroxylation is 2. The molecule has 0 atom stereocenters. The van der Waals surface area contributed by atoms with E-state index >= 15 is 0 Å².